The average Bonchev–Trinajstić information content (AvgIpc) is 2.75. The Morgan fingerprint density at radius 2 is 2.03 bits per heavy atom. The fourth-order valence-corrected chi connectivity index (χ4v) is 4.46. The van der Waals surface area contributed by atoms with Crippen LogP contribution in [0.3, 0.4) is 0 Å². The van der Waals surface area contributed by atoms with Crippen LogP contribution in [0.5, 0.6) is 0 Å². The first-order valence-corrected chi connectivity index (χ1v) is 11.5. The lowest BCUT2D eigenvalue weighted by Crippen LogP contribution is -2.44. The third-order valence-corrected chi connectivity index (χ3v) is 6.44. The summed E-state index contributed by atoms with van der Waals surface area (Å²) in [5.74, 6) is 0.690. The van der Waals surface area contributed by atoms with Gasteiger partial charge in [-0.25, -0.2) is 4.98 Å². The van der Waals surface area contributed by atoms with Gasteiger partial charge < -0.3 is 9.64 Å². The molecule has 32 heavy (non-hydrogen) atoms. The molecule has 3 aromatic rings. The molecule has 1 atom stereocenters. The zero-order chi connectivity index (χ0) is 22.7. The monoisotopic (exact) mass is 453 g/mol. The number of carbonyl (C=O) groups is 1. The maximum absolute atomic E-state index is 13.6. The van der Waals surface area contributed by atoms with E-state index in [2.05, 4.69) is 0 Å². The molecule has 0 aliphatic heterocycles. The van der Waals surface area contributed by atoms with Gasteiger partial charge in [0.15, 0.2) is 0 Å². The molecule has 6 nitrogen and oxygen atoms in total. The standard InChI is InChI=1S/C25H28ClN3O3/c1-3-22(28(14-15-32-2)24(30)17-8-6-9-17)23-27-21-13-5-4-12-20(21)25(31)29(23)19-11-7-10-18(26)16-19/h4-5,7,10-13,16-17,22H,3,6,8-9,14-15H2,1-2H3. The fourth-order valence-electron chi connectivity index (χ4n) is 4.28. The summed E-state index contributed by atoms with van der Waals surface area (Å²) in [5, 5.41) is 1.06. The SMILES string of the molecule is CCC(c1nc2ccccc2c(=O)n1-c1cccc(Cl)c1)N(CCOC)C(=O)C1CCC1. The van der Waals surface area contributed by atoms with Crippen molar-refractivity contribution in [3.05, 3.63) is 69.7 Å². The predicted octanol–water partition coefficient (Wildman–Crippen LogP) is 4.77. The maximum Gasteiger partial charge on any atom is 0.266 e. The smallest absolute Gasteiger partial charge is 0.266 e. The molecule has 1 fully saturated rings. The highest BCUT2D eigenvalue weighted by molar-refractivity contribution is 6.30. The van der Waals surface area contributed by atoms with Gasteiger partial charge in [-0.05, 0) is 49.6 Å². The van der Waals surface area contributed by atoms with E-state index in [9.17, 15) is 9.59 Å². The van der Waals surface area contributed by atoms with Gasteiger partial charge in [-0.15, -0.1) is 0 Å². The molecular formula is C25H28ClN3O3. The molecule has 7 heteroatoms. The summed E-state index contributed by atoms with van der Waals surface area (Å²) in [5.41, 5.74) is 1.08. The first kappa shape index (κ1) is 22.5. The van der Waals surface area contributed by atoms with E-state index in [0.717, 1.165) is 19.3 Å². The Labute approximate surface area is 192 Å². The summed E-state index contributed by atoms with van der Waals surface area (Å²) in [6, 6.07) is 14.1. The second-order valence-electron chi connectivity index (χ2n) is 8.18. The van der Waals surface area contributed by atoms with E-state index in [1.807, 2.05) is 42.2 Å². The Morgan fingerprint density at radius 1 is 1.25 bits per heavy atom. The number of benzene rings is 2. The van der Waals surface area contributed by atoms with Crippen LogP contribution >= 0.6 is 11.6 Å². The Morgan fingerprint density at radius 3 is 2.69 bits per heavy atom. The summed E-state index contributed by atoms with van der Waals surface area (Å²) in [4.78, 5) is 33.8. The van der Waals surface area contributed by atoms with E-state index in [1.54, 1.807) is 29.9 Å². The minimum Gasteiger partial charge on any atom is -0.383 e. The molecule has 1 aromatic heterocycles. The minimum atomic E-state index is -0.366. The largest absolute Gasteiger partial charge is 0.383 e. The van der Waals surface area contributed by atoms with Gasteiger partial charge in [-0.3, -0.25) is 14.2 Å². The van der Waals surface area contributed by atoms with Crippen molar-refractivity contribution in [2.75, 3.05) is 20.3 Å². The van der Waals surface area contributed by atoms with Crippen molar-refractivity contribution >= 4 is 28.4 Å². The number of para-hydroxylation sites is 1. The molecule has 0 spiro atoms. The van der Waals surface area contributed by atoms with Crippen molar-refractivity contribution in [3.8, 4) is 5.69 Å². The summed E-state index contributed by atoms with van der Waals surface area (Å²) >= 11 is 6.26. The van der Waals surface area contributed by atoms with Crippen molar-refractivity contribution in [3.63, 3.8) is 0 Å². The van der Waals surface area contributed by atoms with Gasteiger partial charge in [-0.1, -0.05) is 43.1 Å². The van der Waals surface area contributed by atoms with Crippen molar-refractivity contribution < 1.29 is 9.53 Å². The number of nitrogens with zero attached hydrogens (tertiary/aromatic N) is 3. The van der Waals surface area contributed by atoms with Gasteiger partial charge >= 0.3 is 0 Å². The molecule has 1 aliphatic rings. The van der Waals surface area contributed by atoms with Gasteiger partial charge in [0.1, 0.15) is 5.82 Å². The number of carbonyl (C=O) groups excluding carboxylic acids is 1. The van der Waals surface area contributed by atoms with Crippen molar-refractivity contribution in [1.82, 2.24) is 14.5 Å². The summed E-state index contributed by atoms with van der Waals surface area (Å²) < 4.78 is 6.92. The van der Waals surface area contributed by atoms with E-state index >= 15 is 0 Å². The van der Waals surface area contributed by atoms with E-state index in [0.29, 0.717) is 47.0 Å². The lowest BCUT2D eigenvalue weighted by atomic mass is 9.84. The molecule has 1 unspecified atom stereocenters. The summed E-state index contributed by atoms with van der Waals surface area (Å²) in [6.45, 7) is 2.88. The van der Waals surface area contributed by atoms with Gasteiger partial charge in [0.2, 0.25) is 5.91 Å². The number of hydrogen-bond acceptors (Lipinski definition) is 4. The highest BCUT2D eigenvalue weighted by Gasteiger charge is 2.35. The number of fused-ring (bicyclic) bond motifs is 1. The first-order valence-electron chi connectivity index (χ1n) is 11.1. The third-order valence-electron chi connectivity index (χ3n) is 6.20. The Kier molecular flexibility index (Phi) is 6.92. The van der Waals surface area contributed by atoms with Gasteiger partial charge in [0, 0.05) is 24.6 Å². The number of halogens is 1. The number of aromatic nitrogens is 2. The molecule has 168 valence electrons. The molecule has 1 amide bonds. The molecule has 0 saturated heterocycles. The molecule has 4 rings (SSSR count). The van der Waals surface area contributed by atoms with Crippen LogP contribution in [0.4, 0.5) is 0 Å². The van der Waals surface area contributed by atoms with E-state index < -0.39 is 0 Å². The number of rotatable bonds is 8. The molecule has 1 aliphatic carbocycles. The second-order valence-corrected chi connectivity index (χ2v) is 8.62. The van der Waals surface area contributed by atoms with Crippen LogP contribution in [0, 0.1) is 5.92 Å². The Hall–Kier alpha value is -2.70. The molecule has 2 aromatic carbocycles. The van der Waals surface area contributed by atoms with E-state index in [4.69, 9.17) is 21.3 Å². The number of methoxy groups -OCH3 is 1. The number of hydrogen-bond donors (Lipinski definition) is 0. The fraction of sp³-hybridized carbons (Fsp3) is 0.400. The highest BCUT2D eigenvalue weighted by Crippen LogP contribution is 2.33. The zero-order valence-electron chi connectivity index (χ0n) is 18.5. The lowest BCUT2D eigenvalue weighted by molar-refractivity contribution is -0.142. The first-order chi connectivity index (χ1) is 15.5. The highest BCUT2D eigenvalue weighted by atomic mass is 35.5. The van der Waals surface area contributed by atoms with E-state index in [-0.39, 0.29) is 23.4 Å². The predicted molar refractivity (Wildman–Crippen MR) is 126 cm³/mol. The van der Waals surface area contributed by atoms with Crippen LogP contribution in [0.1, 0.15) is 44.5 Å². The molecule has 1 heterocycles. The van der Waals surface area contributed by atoms with Gasteiger partial charge in [-0.2, -0.15) is 0 Å². The molecule has 1 saturated carbocycles. The summed E-state index contributed by atoms with van der Waals surface area (Å²) in [7, 11) is 1.63. The van der Waals surface area contributed by atoms with Crippen LogP contribution in [-0.2, 0) is 9.53 Å². The second kappa shape index (κ2) is 9.84. The van der Waals surface area contributed by atoms with Crippen LogP contribution < -0.4 is 5.56 Å². The quantitative estimate of drug-likeness (QED) is 0.493. The average molecular weight is 454 g/mol. The third kappa shape index (κ3) is 4.30. The molecule has 0 radical (unpaired) electrons. The van der Waals surface area contributed by atoms with Crippen LogP contribution in [0.15, 0.2) is 53.3 Å². The lowest BCUT2D eigenvalue weighted by Gasteiger charge is -2.37. The van der Waals surface area contributed by atoms with Crippen LogP contribution in [0.2, 0.25) is 5.02 Å². The van der Waals surface area contributed by atoms with Gasteiger partial charge in [0.05, 0.1) is 29.2 Å². The van der Waals surface area contributed by atoms with Crippen molar-refractivity contribution in [1.29, 1.82) is 0 Å². The molecule has 0 N–H and O–H groups in total. The van der Waals surface area contributed by atoms with Gasteiger partial charge in [0.25, 0.3) is 5.56 Å². The van der Waals surface area contributed by atoms with Crippen LogP contribution in [-0.4, -0.2) is 40.6 Å². The summed E-state index contributed by atoms with van der Waals surface area (Å²) in [6.07, 6.45) is 3.51. The Balaban J connectivity index is 1.92. The normalized spacial score (nSPS) is 14.8. The Bertz CT molecular complexity index is 1170. The minimum absolute atomic E-state index is 0.0349. The molecule has 0 bridgehead atoms. The number of ether oxygens (including phenoxy) is 1. The van der Waals surface area contributed by atoms with E-state index in [1.165, 1.54) is 0 Å². The van der Waals surface area contributed by atoms with Crippen molar-refractivity contribution in [2.24, 2.45) is 5.92 Å². The van der Waals surface area contributed by atoms with Crippen LogP contribution in [0.25, 0.3) is 16.6 Å². The molecular weight excluding hydrogens is 426 g/mol. The number of amides is 1. The zero-order valence-corrected chi connectivity index (χ0v) is 19.2. The maximum atomic E-state index is 13.6. The topological polar surface area (TPSA) is 64.4 Å². The van der Waals surface area contributed by atoms with Crippen molar-refractivity contribution in [2.45, 2.75) is 38.6 Å².